The van der Waals surface area contributed by atoms with Crippen molar-refractivity contribution < 1.29 is 9.84 Å². The minimum Gasteiger partial charge on any atom is -0.489 e. The SMILES string of the molecule is CCNC[C@H](O)COc1ccccc1C#N. The van der Waals surface area contributed by atoms with Crippen LogP contribution in [0.25, 0.3) is 0 Å². The summed E-state index contributed by atoms with van der Waals surface area (Å²) in [6, 6.07) is 9.02. The van der Waals surface area contributed by atoms with Gasteiger partial charge in [-0.1, -0.05) is 19.1 Å². The van der Waals surface area contributed by atoms with Gasteiger partial charge in [0.15, 0.2) is 0 Å². The number of likely N-dealkylation sites (N-methyl/N-ethyl adjacent to an activating group) is 1. The van der Waals surface area contributed by atoms with Crippen LogP contribution in [0.4, 0.5) is 0 Å². The number of para-hydroxylation sites is 1. The number of nitriles is 1. The van der Waals surface area contributed by atoms with Crippen molar-refractivity contribution >= 4 is 0 Å². The molecule has 0 bridgehead atoms. The zero-order valence-electron chi connectivity index (χ0n) is 9.31. The summed E-state index contributed by atoms with van der Waals surface area (Å²) in [5.41, 5.74) is 0.484. The van der Waals surface area contributed by atoms with E-state index >= 15 is 0 Å². The minimum absolute atomic E-state index is 0.186. The van der Waals surface area contributed by atoms with Crippen LogP contribution in [-0.2, 0) is 0 Å². The lowest BCUT2D eigenvalue weighted by Crippen LogP contribution is -2.31. The van der Waals surface area contributed by atoms with Crippen molar-refractivity contribution in [1.29, 1.82) is 5.26 Å². The van der Waals surface area contributed by atoms with Gasteiger partial charge in [-0.25, -0.2) is 0 Å². The quantitative estimate of drug-likeness (QED) is 0.747. The molecule has 0 heterocycles. The molecule has 1 atom stereocenters. The largest absolute Gasteiger partial charge is 0.489 e. The van der Waals surface area contributed by atoms with E-state index < -0.39 is 6.10 Å². The Morgan fingerprint density at radius 1 is 1.50 bits per heavy atom. The molecule has 0 amide bonds. The van der Waals surface area contributed by atoms with Crippen molar-refractivity contribution in [1.82, 2.24) is 5.32 Å². The highest BCUT2D eigenvalue weighted by atomic mass is 16.5. The second-order valence-electron chi connectivity index (χ2n) is 3.38. The van der Waals surface area contributed by atoms with Crippen LogP contribution in [0, 0.1) is 11.3 Å². The van der Waals surface area contributed by atoms with Crippen LogP contribution in [0.1, 0.15) is 12.5 Å². The molecule has 0 aromatic heterocycles. The van der Waals surface area contributed by atoms with E-state index in [4.69, 9.17) is 10.00 Å². The predicted octanol–water partition coefficient (Wildman–Crippen LogP) is 0.907. The molecule has 0 saturated heterocycles. The van der Waals surface area contributed by atoms with Gasteiger partial charge >= 0.3 is 0 Å². The Balaban J connectivity index is 2.45. The summed E-state index contributed by atoms with van der Waals surface area (Å²) < 4.78 is 5.37. The summed E-state index contributed by atoms with van der Waals surface area (Å²) in [5, 5.41) is 21.4. The summed E-state index contributed by atoms with van der Waals surface area (Å²) in [5.74, 6) is 0.514. The number of hydrogen-bond acceptors (Lipinski definition) is 4. The Kier molecular flexibility index (Phi) is 5.34. The number of rotatable bonds is 6. The molecule has 0 aliphatic heterocycles. The highest BCUT2D eigenvalue weighted by molar-refractivity contribution is 5.42. The number of aliphatic hydroxyl groups is 1. The van der Waals surface area contributed by atoms with Crippen molar-refractivity contribution in [2.75, 3.05) is 19.7 Å². The summed E-state index contributed by atoms with van der Waals surface area (Å²) in [7, 11) is 0. The molecule has 0 aliphatic carbocycles. The molecule has 4 heteroatoms. The van der Waals surface area contributed by atoms with Crippen molar-refractivity contribution in [3.05, 3.63) is 29.8 Å². The van der Waals surface area contributed by atoms with Crippen molar-refractivity contribution in [2.24, 2.45) is 0 Å². The van der Waals surface area contributed by atoms with E-state index in [1.807, 2.05) is 13.0 Å². The van der Waals surface area contributed by atoms with Gasteiger partial charge in [-0.15, -0.1) is 0 Å². The van der Waals surface area contributed by atoms with E-state index in [1.165, 1.54) is 0 Å². The van der Waals surface area contributed by atoms with Gasteiger partial charge in [0.25, 0.3) is 0 Å². The van der Waals surface area contributed by atoms with Crippen LogP contribution >= 0.6 is 0 Å². The van der Waals surface area contributed by atoms with E-state index in [9.17, 15) is 5.11 Å². The van der Waals surface area contributed by atoms with Gasteiger partial charge in [-0.3, -0.25) is 0 Å². The van der Waals surface area contributed by atoms with E-state index in [0.29, 0.717) is 17.9 Å². The van der Waals surface area contributed by atoms with Crippen LogP contribution < -0.4 is 10.1 Å². The molecule has 0 saturated carbocycles. The van der Waals surface area contributed by atoms with Crippen molar-refractivity contribution in [3.63, 3.8) is 0 Å². The third-order valence-corrected chi connectivity index (χ3v) is 2.07. The number of nitrogens with one attached hydrogen (secondary N) is 1. The van der Waals surface area contributed by atoms with E-state index in [1.54, 1.807) is 24.3 Å². The van der Waals surface area contributed by atoms with Gasteiger partial charge < -0.3 is 15.2 Å². The smallest absolute Gasteiger partial charge is 0.137 e. The summed E-state index contributed by atoms with van der Waals surface area (Å²) in [6.45, 7) is 3.46. The fourth-order valence-electron chi connectivity index (χ4n) is 1.24. The van der Waals surface area contributed by atoms with Crippen molar-refractivity contribution in [3.8, 4) is 11.8 Å². The van der Waals surface area contributed by atoms with Crippen LogP contribution in [0.5, 0.6) is 5.75 Å². The first-order valence-electron chi connectivity index (χ1n) is 5.28. The van der Waals surface area contributed by atoms with Crippen LogP contribution in [0.2, 0.25) is 0 Å². The minimum atomic E-state index is -0.563. The van der Waals surface area contributed by atoms with Gasteiger partial charge in [0.05, 0.1) is 5.56 Å². The predicted molar refractivity (Wildman–Crippen MR) is 61.2 cm³/mol. The van der Waals surface area contributed by atoms with Crippen molar-refractivity contribution in [2.45, 2.75) is 13.0 Å². The Bertz CT molecular complexity index is 360. The first kappa shape index (κ1) is 12.5. The molecule has 2 N–H and O–H groups in total. The molecule has 0 aliphatic rings. The second kappa shape index (κ2) is 6.83. The van der Waals surface area contributed by atoms with Crippen LogP contribution in [-0.4, -0.2) is 30.9 Å². The zero-order valence-corrected chi connectivity index (χ0v) is 9.31. The average molecular weight is 220 g/mol. The zero-order chi connectivity index (χ0) is 11.8. The molecule has 0 unspecified atom stereocenters. The second-order valence-corrected chi connectivity index (χ2v) is 3.38. The Morgan fingerprint density at radius 3 is 2.94 bits per heavy atom. The molecule has 1 rings (SSSR count). The van der Waals surface area contributed by atoms with Crippen LogP contribution in [0.15, 0.2) is 24.3 Å². The van der Waals surface area contributed by atoms with Gasteiger partial charge in [0.1, 0.15) is 24.5 Å². The molecule has 86 valence electrons. The lowest BCUT2D eigenvalue weighted by atomic mass is 10.2. The molecule has 1 aromatic carbocycles. The Morgan fingerprint density at radius 2 is 2.25 bits per heavy atom. The van der Waals surface area contributed by atoms with E-state index in [-0.39, 0.29) is 6.61 Å². The highest BCUT2D eigenvalue weighted by Gasteiger charge is 2.06. The summed E-state index contributed by atoms with van der Waals surface area (Å²) >= 11 is 0. The Labute approximate surface area is 95.5 Å². The first-order valence-corrected chi connectivity index (χ1v) is 5.28. The molecular formula is C12H16N2O2. The third kappa shape index (κ3) is 3.89. The maximum atomic E-state index is 9.53. The molecule has 4 nitrogen and oxygen atoms in total. The van der Waals surface area contributed by atoms with Gasteiger partial charge in [0, 0.05) is 6.54 Å². The third-order valence-electron chi connectivity index (χ3n) is 2.07. The highest BCUT2D eigenvalue weighted by Crippen LogP contribution is 2.16. The molecule has 0 radical (unpaired) electrons. The fourth-order valence-corrected chi connectivity index (χ4v) is 1.24. The molecular weight excluding hydrogens is 204 g/mol. The van der Waals surface area contributed by atoms with Crippen LogP contribution in [0.3, 0.4) is 0 Å². The number of ether oxygens (including phenoxy) is 1. The lowest BCUT2D eigenvalue weighted by molar-refractivity contribution is 0.107. The number of benzene rings is 1. The average Bonchev–Trinajstić information content (AvgIpc) is 2.34. The molecule has 0 spiro atoms. The Hall–Kier alpha value is -1.57. The van der Waals surface area contributed by atoms with E-state index in [0.717, 1.165) is 6.54 Å². The van der Waals surface area contributed by atoms with Gasteiger partial charge in [-0.2, -0.15) is 5.26 Å². The number of aliphatic hydroxyl groups excluding tert-OH is 1. The molecule has 1 aromatic rings. The summed E-state index contributed by atoms with van der Waals surface area (Å²) in [6.07, 6.45) is -0.563. The molecule has 0 fully saturated rings. The molecule has 16 heavy (non-hydrogen) atoms. The normalized spacial score (nSPS) is 11.8. The van der Waals surface area contributed by atoms with E-state index in [2.05, 4.69) is 5.32 Å². The topological polar surface area (TPSA) is 65.3 Å². The maximum Gasteiger partial charge on any atom is 0.137 e. The monoisotopic (exact) mass is 220 g/mol. The van der Waals surface area contributed by atoms with Gasteiger partial charge in [0.2, 0.25) is 0 Å². The van der Waals surface area contributed by atoms with Gasteiger partial charge in [-0.05, 0) is 18.7 Å². The maximum absolute atomic E-state index is 9.53. The lowest BCUT2D eigenvalue weighted by Gasteiger charge is -2.13. The standard InChI is InChI=1S/C12H16N2O2/c1-2-14-8-11(15)9-16-12-6-4-3-5-10(12)7-13/h3-6,11,14-15H,2,8-9H2,1H3/t11-/m0/s1. The number of hydrogen-bond donors (Lipinski definition) is 2. The summed E-state index contributed by atoms with van der Waals surface area (Å²) in [4.78, 5) is 0. The first-order chi connectivity index (χ1) is 7.77. The fraction of sp³-hybridized carbons (Fsp3) is 0.417. The number of nitrogens with zero attached hydrogens (tertiary/aromatic N) is 1.